The second-order valence-corrected chi connectivity index (χ2v) is 5.01. The van der Waals surface area contributed by atoms with Gasteiger partial charge in [-0.05, 0) is 24.1 Å². The number of hydrogen-bond donors (Lipinski definition) is 2. The van der Waals surface area contributed by atoms with Gasteiger partial charge in [-0.1, -0.05) is 0 Å². The molecule has 1 aromatic heterocycles. The number of thioether (sulfide) groups is 1. The average Bonchev–Trinajstić information content (AvgIpc) is 2.34. The van der Waals surface area contributed by atoms with Crippen molar-refractivity contribution in [2.75, 3.05) is 18.1 Å². The fraction of sp³-hybridized carbons (Fsp3) is 0.545. The third-order valence-corrected chi connectivity index (χ3v) is 3.83. The lowest BCUT2D eigenvalue weighted by atomic mass is 10.0. The topological polar surface area (TPSA) is 60.2 Å². The molecule has 3 N–H and O–H groups in total. The van der Waals surface area contributed by atoms with Crippen molar-refractivity contribution in [3.63, 3.8) is 0 Å². The first-order chi connectivity index (χ1) is 7.83. The maximum atomic E-state index is 5.75. The Hall–Kier alpha value is -0.620. The van der Waals surface area contributed by atoms with Crippen molar-refractivity contribution in [1.29, 1.82) is 0 Å². The summed E-state index contributed by atoms with van der Waals surface area (Å²) >= 11 is 1.91. The molecule has 1 aromatic rings. The Labute approximate surface area is 99.9 Å². The van der Waals surface area contributed by atoms with Gasteiger partial charge in [-0.2, -0.15) is 11.8 Å². The van der Waals surface area contributed by atoms with Crippen molar-refractivity contribution < 1.29 is 4.74 Å². The molecule has 0 aliphatic carbocycles. The van der Waals surface area contributed by atoms with Crippen LogP contribution < -0.4 is 11.3 Å². The monoisotopic (exact) mass is 239 g/mol. The number of rotatable bonds is 3. The van der Waals surface area contributed by atoms with E-state index >= 15 is 0 Å². The largest absolute Gasteiger partial charge is 0.374 e. The molecule has 0 bridgehead atoms. The van der Waals surface area contributed by atoms with Crippen molar-refractivity contribution in [2.24, 2.45) is 5.84 Å². The van der Waals surface area contributed by atoms with E-state index in [0.717, 1.165) is 23.7 Å². The zero-order valence-electron chi connectivity index (χ0n) is 9.35. The number of hydrazine groups is 1. The highest BCUT2D eigenvalue weighted by atomic mass is 32.2. The number of aryl methyl sites for hydroxylation is 1. The quantitative estimate of drug-likeness (QED) is 0.609. The Morgan fingerprint density at radius 3 is 3.19 bits per heavy atom. The molecule has 0 aromatic carbocycles. The fourth-order valence-corrected chi connectivity index (χ4v) is 2.80. The number of hydrogen-bond acceptors (Lipinski definition) is 5. The van der Waals surface area contributed by atoms with Crippen molar-refractivity contribution in [3.8, 4) is 0 Å². The van der Waals surface area contributed by atoms with Gasteiger partial charge in [-0.15, -0.1) is 0 Å². The highest BCUT2D eigenvalue weighted by molar-refractivity contribution is 7.99. The Balaban J connectivity index is 2.18. The lowest BCUT2D eigenvalue weighted by Crippen LogP contribution is -2.41. The molecular weight excluding hydrogens is 222 g/mol. The van der Waals surface area contributed by atoms with Crippen molar-refractivity contribution in [1.82, 2.24) is 10.4 Å². The van der Waals surface area contributed by atoms with Crippen molar-refractivity contribution in [2.45, 2.75) is 19.1 Å². The minimum Gasteiger partial charge on any atom is -0.374 e. The molecule has 5 heteroatoms. The van der Waals surface area contributed by atoms with E-state index in [0.29, 0.717) is 0 Å². The molecule has 0 saturated carbocycles. The molecule has 4 nitrogen and oxygen atoms in total. The molecule has 0 amide bonds. The van der Waals surface area contributed by atoms with E-state index in [4.69, 9.17) is 10.6 Å². The number of aromatic nitrogens is 1. The van der Waals surface area contributed by atoms with E-state index in [2.05, 4.69) is 17.3 Å². The molecule has 2 rings (SSSR count). The van der Waals surface area contributed by atoms with Gasteiger partial charge in [0.15, 0.2) is 0 Å². The summed E-state index contributed by atoms with van der Waals surface area (Å²) < 4.78 is 5.75. The van der Waals surface area contributed by atoms with E-state index in [-0.39, 0.29) is 12.1 Å². The molecule has 1 saturated heterocycles. The number of ether oxygens (including phenoxy) is 1. The third kappa shape index (κ3) is 2.55. The van der Waals surface area contributed by atoms with Gasteiger partial charge in [0.2, 0.25) is 0 Å². The number of nitrogens with one attached hydrogen (secondary N) is 1. The van der Waals surface area contributed by atoms with Gasteiger partial charge in [0.1, 0.15) is 0 Å². The maximum absolute atomic E-state index is 5.75. The molecule has 2 unspecified atom stereocenters. The van der Waals surface area contributed by atoms with Gasteiger partial charge in [0, 0.05) is 23.9 Å². The van der Waals surface area contributed by atoms with Crippen LogP contribution in [0.5, 0.6) is 0 Å². The summed E-state index contributed by atoms with van der Waals surface area (Å²) in [5.74, 6) is 7.68. The predicted molar refractivity (Wildman–Crippen MR) is 66.1 cm³/mol. The van der Waals surface area contributed by atoms with Crippen LogP contribution in [0.15, 0.2) is 18.5 Å². The van der Waals surface area contributed by atoms with Crippen LogP contribution in [0.3, 0.4) is 0 Å². The molecule has 1 aliphatic rings. The SMILES string of the molecule is Cc1ccncc1C(NN)C1CSCCO1. The van der Waals surface area contributed by atoms with Crippen LogP contribution in [-0.4, -0.2) is 29.2 Å². The smallest absolute Gasteiger partial charge is 0.0873 e. The molecule has 88 valence electrons. The summed E-state index contributed by atoms with van der Waals surface area (Å²) in [5, 5.41) is 0. The highest BCUT2D eigenvalue weighted by Gasteiger charge is 2.26. The second kappa shape index (κ2) is 5.63. The molecule has 0 radical (unpaired) electrons. The van der Waals surface area contributed by atoms with Crippen LogP contribution in [-0.2, 0) is 4.74 Å². The molecule has 0 spiro atoms. The second-order valence-electron chi connectivity index (χ2n) is 3.86. The highest BCUT2D eigenvalue weighted by Crippen LogP contribution is 2.26. The first kappa shape index (κ1) is 11.9. The lowest BCUT2D eigenvalue weighted by molar-refractivity contribution is 0.0465. The third-order valence-electron chi connectivity index (χ3n) is 2.81. The maximum Gasteiger partial charge on any atom is 0.0873 e. The van der Waals surface area contributed by atoms with E-state index in [1.807, 2.05) is 24.0 Å². The Bertz CT molecular complexity index is 342. The lowest BCUT2D eigenvalue weighted by Gasteiger charge is -2.30. The summed E-state index contributed by atoms with van der Waals surface area (Å²) in [4.78, 5) is 4.15. The minimum absolute atomic E-state index is 0.0292. The van der Waals surface area contributed by atoms with Crippen LogP contribution in [0.4, 0.5) is 0 Å². The van der Waals surface area contributed by atoms with Crippen LogP contribution in [0.2, 0.25) is 0 Å². The Morgan fingerprint density at radius 1 is 1.69 bits per heavy atom. The number of nitrogens with two attached hydrogens (primary N) is 1. The molecule has 1 aliphatic heterocycles. The van der Waals surface area contributed by atoms with Crippen LogP contribution in [0, 0.1) is 6.92 Å². The van der Waals surface area contributed by atoms with E-state index in [1.54, 1.807) is 6.20 Å². The van der Waals surface area contributed by atoms with Crippen molar-refractivity contribution in [3.05, 3.63) is 29.6 Å². The molecule has 2 atom stereocenters. The Morgan fingerprint density at radius 2 is 2.56 bits per heavy atom. The van der Waals surface area contributed by atoms with Crippen molar-refractivity contribution >= 4 is 11.8 Å². The average molecular weight is 239 g/mol. The van der Waals surface area contributed by atoms with E-state index in [9.17, 15) is 0 Å². The minimum atomic E-state index is 0.0292. The zero-order chi connectivity index (χ0) is 11.4. The normalized spacial score (nSPS) is 23.0. The Kier molecular flexibility index (Phi) is 4.17. The van der Waals surface area contributed by atoms with Crippen LogP contribution in [0.25, 0.3) is 0 Å². The first-order valence-electron chi connectivity index (χ1n) is 5.39. The van der Waals surface area contributed by atoms with Gasteiger partial charge in [0.05, 0.1) is 18.8 Å². The van der Waals surface area contributed by atoms with Gasteiger partial charge < -0.3 is 4.74 Å². The standard InChI is InChI=1S/C11H17N3OS/c1-8-2-3-13-6-9(8)11(14-12)10-7-16-5-4-15-10/h2-3,6,10-11,14H,4-5,7,12H2,1H3. The van der Waals surface area contributed by atoms with Gasteiger partial charge in [-0.25, -0.2) is 0 Å². The molecule has 2 heterocycles. The van der Waals surface area contributed by atoms with Crippen LogP contribution in [0.1, 0.15) is 17.2 Å². The van der Waals surface area contributed by atoms with Gasteiger partial charge >= 0.3 is 0 Å². The number of pyridine rings is 1. The zero-order valence-corrected chi connectivity index (χ0v) is 10.2. The summed E-state index contributed by atoms with van der Waals surface area (Å²) in [6.07, 6.45) is 3.79. The fourth-order valence-electron chi connectivity index (χ4n) is 1.90. The van der Waals surface area contributed by atoms with E-state index in [1.165, 1.54) is 5.56 Å². The van der Waals surface area contributed by atoms with E-state index < -0.39 is 0 Å². The molecular formula is C11H17N3OS. The van der Waals surface area contributed by atoms with Gasteiger partial charge in [-0.3, -0.25) is 16.3 Å². The van der Waals surface area contributed by atoms with Crippen LogP contribution >= 0.6 is 11.8 Å². The number of nitrogens with zero attached hydrogens (tertiary/aromatic N) is 1. The summed E-state index contributed by atoms with van der Waals surface area (Å²) in [7, 11) is 0. The summed E-state index contributed by atoms with van der Waals surface area (Å²) in [6.45, 7) is 2.87. The molecule has 1 fully saturated rings. The first-order valence-corrected chi connectivity index (χ1v) is 6.54. The predicted octanol–water partition coefficient (Wildman–Crippen LogP) is 1.03. The summed E-state index contributed by atoms with van der Waals surface area (Å²) in [5.41, 5.74) is 5.17. The van der Waals surface area contributed by atoms with Gasteiger partial charge in [0.25, 0.3) is 0 Å². The molecule has 16 heavy (non-hydrogen) atoms. The summed E-state index contributed by atoms with van der Waals surface area (Å²) in [6, 6.07) is 2.02.